The summed E-state index contributed by atoms with van der Waals surface area (Å²) in [5, 5.41) is 12.6. The van der Waals surface area contributed by atoms with Crippen LogP contribution in [-0.4, -0.2) is 9.67 Å². The number of phenols is 1. The fourth-order valence-corrected chi connectivity index (χ4v) is 3.77. The van der Waals surface area contributed by atoms with Crippen molar-refractivity contribution in [3.8, 4) is 22.6 Å². The van der Waals surface area contributed by atoms with Gasteiger partial charge in [-0.1, -0.05) is 66.7 Å². The number of phenolic OH excluding ortho intramolecular Hbond substituents is 1. The maximum atomic E-state index is 10.4. The first-order valence-corrected chi connectivity index (χ1v) is 8.70. The van der Waals surface area contributed by atoms with Crippen LogP contribution in [-0.2, 0) is 0 Å². The fourth-order valence-electron chi connectivity index (χ4n) is 3.77. The molecule has 2 nitrogen and oxygen atoms in total. The Kier molecular flexibility index (Phi) is 3.29. The van der Waals surface area contributed by atoms with E-state index in [1.54, 1.807) is 0 Å². The van der Waals surface area contributed by atoms with Gasteiger partial charge in [-0.15, -0.1) is 0 Å². The van der Waals surface area contributed by atoms with Crippen molar-refractivity contribution >= 4 is 21.8 Å². The Labute approximate surface area is 151 Å². The second-order valence-corrected chi connectivity index (χ2v) is 6.44. The molecule has 0 saturated carbocycles. The summed E-state index contributed by atoms with van der Waals surface area (Å²) in [5.74, 6) is 0.285. The van der Waals surface area contributed by atoms with E-state index in [0.29, 0.717) is 0 Å². The Morgan fingerprint density at radius 2 is 1.27 bits per heavy atom. The van der Waals surface area contributed by atoms with Crippen LogP contribution >= 0.6 is 0 Å². The van der Waals surface area contributed by atoms with Gasteiger partial charge < -0.3 is 9.67 Å². The van der Waals surface area contributed by atoms with Crippen LogP contribution in [0.25, 0.3) is 38.6 Å². The molecular formula is C24H17NO. The summed E-state index contributed by atoms with van der Waals surface area (Å²) in [6, 6.07) is 32.7. The molecule has 26 heavy (non-hydrogen) atoms. The minimum absolute atomic E-state index is 0.285. The van der Waals surface area contributed by atoms with Gasteiger partial charge >= 0.3 is 0 Å². The first-order valence-electron chi connectivity index (χ1n) is 8.70. The highest BCUT2D eigenvalue weighted by atomic mass is 16.3. The lowest BCUT2D eigenvalue weighted by Crippen LogP contribution is -1.95. The van der Waals surface area contributed by atoms with E-state index in [4.69, 9.17) is 0 Å². The Morgan fingerprint density at radius 1 is 0.615 bits per heavy atom. The van der Waals surface area contributed by atoms with Crippen molar-refractivity contribution in [3.63, 3.8) is 0 Å². The highest BCUT2D eigenvalue weighted by Crippen LogP contribution is 2.40. The van der Waals surface area contributed by atoms with E-state index in [-0.39, 0.29) is 5.75 Å². The average molecular weight is 335 g/mol. The van der Waals surface area contributed by atoms with Crippen molar-refractivity contribution in [2.24, 2.45) is 0 Å². The quantitative estimate of drug-likeness (QED) is 0.411. The third-order valence-corrected chi connectivity index (χ3v) is 4.85. The highest BCUT2D eigenvalue weighted by Gasteiger charge is 2.17. The molecule has 1 aromatic heterocycles. The summed E-state index contributed by atoms with van der Waals surface area (Å²) < 4.78 is 2.28. The maximum Gasteiger partial charge on any atom is 0.116 e. The molecule has 0 fully saturated rings. The van der Waals surface area contributed by atoms with Gasteiger partial charge in [-0.2, -0.15) is 0 Å². The molecule has 0 saturated heterocycles. The molecule has 0 aliphatic heterocycles. The first kappa shape index (κ1) is 14.8. The number of hydrogen-bond acceptors (Lipinski definition) is 1. The molecule has 0 aliphatic carbocycles. The standard InChI is InChI=1S/C24H17NO/c26-19-15-21(17-9-3-1-4-10-17)24-22(16-19)20-13-7-8-14-23(20)25(24)18-11-5-2-6-12-18/h1-16,26H. The number of nitrogens with zero attached hydrogens (tertiary/aromatic N) is 1. The number of aromatic hydroxyl groups is 1. The number of para-hydroxylation sites is 2. The number of hydrogen-bond donors (Lipinski definition) is 1. The van der Waals surface area contributed by atoms with E-state index in [2.05, 4.69) is 59.2 Å². The minimum Gasteiger partial charge on any atom is -0.508 e. The molecule has 0 atom stereocenters. The van der Waals surface area contributed by atoms with Crippen LogP contribution in [0.3, 0.4) is 0 Å². The van der Waals surface area contributed by atoms with Gasteiger partial charge in [0.25, 0.3) is 0 Å². The van der Waals surface area contributed by atoms with E-state index in [9.17, 15) is 5.11 Å². The SMILES string of the molecule is Oc1cc(-c2ccccc2)c2c(c1)c1ccccc1n2-c1ccccc1. The van der Waals surface area contributed by atoms with E-state index in [0.717, 1.165) is 38.6 Å². The van der Waals surface area contributed by atoms with Crippen molar-refractivity contribution in [1.29, 1.82) is 0 Å². The third-order valence-electron chi connectivity index (χ3n) is 4.85. The fraction of sp³-hybridized carbons (Fsp3) is 0. The molecule has 0 spiro atoms. The summed E-state index contributed by atoms with van der Waals surface area (Å²) in [4.78, 5) is 0. The van der Waals surface area contributed by atoms with E-state index >= 15 is 0 Å². The lowest BCUT2D eigenvalue weighted by molar-refractivity contribution is 0.476. The molecule has 5 rings (SSSR count). The topological polar surface area (TPSA) is 25.2 Å². The molecular weight excluding hydrogens is 318 g/mol. The zero-order chi connectivity index (χ0) is 17.5. The summed E-state index contributed by atoms with van der Waals surface area (Å²) in [7, 11) is 0. The number of aromatic nitrogens is 1. The Balaban J connectivity index is 2.02. The van der Waals surface area contributed by atoms with Gasteiger partial charge in [-0.05, 0) is 35.9 Å². The minimum atomic E-state index is 0.285. The van der Waals surface area contributed by atoms with E-state index in [1.165, 1.54) is 0 Å². The Bertz CT molecular complexity index is 1220. The van der Waals surface area contributed by atoms with Gasteiger partial charge in [-0.3, -0.25) is 0 Å². The molecule has 0 amide bonds. The summed E-state index contributed by atoms with van der Waals surface area (Å²) in [6.45, 7) is 0. The monoisotopic (exact) mass is 335 g/mol. The Morgan fingerprint density at radius 3 is 2.04 bits per heavy atom. The lowest BCUT2D eigenvalue weighted by Gasteiger charge is -2.12. The zero-order valence-electron chi connectivity index (χ0n) is 14.1. The van der Waals surface area contributed by atoms with Crippen molar-refractivity contribution in [2.45, 2.75) is 0 Å². The van der Waals surface area contributed by atoms with Gasteiger partial charge in [0.2, 0.25) is 0 Å². The van der Waals surface area contributed by atoms with E-state index < -0.39 is 0 Å². The van der Waals surface area contributed by atoms with Gasteiger partial charge in [0.05, 0.1) is 11.0 Å². The van der Waals surface area contributed by atoms with Gasteiger partial charge in [0, 0.05) is 22.0 Å². The lowest BCUT2D eigenvalue weighted by atomic mass is 10.0. The molecule has 4 aromatic carbocycles. The molecule has 124 valence electrons. The van der Waals surface area contributed by atoms with Crippen LogP contribution in [0, 0.1) is 0 Å². The van der Waals surface area contributed by atoms with Crippen molar-refractivity contribution < 1.29 is 5.11 Å². The molecule has 0 aliphatic rings. The number of fused-ring (bicyclic) bond motifs is 3. The maximum absolute atomic E-state index is 10.4. The smallest absolute Gasteiger partial charge is 0.116 e. The molecule has 1 heterocycles. The van der Waals surface area contributed by atoms with Crippen LogP contribution in [0.2, 0.25) is 0 Å². The van der Waals surface area contributed by atoms with Gasteiger partial charge in [0.15, 0.2) is 0 Å². The molecule has 0 bridgehead atoms. The third kappa shape index (κ3) is 2.20. The van der Waals surface area contributed by atoms with Crippen LogP contribution in [0.1, 0.15) is 0 Å². The van der Waals surface area contributed by atoms with Crippen molar-refractivity contribution in [3.05, 3.63) is 97.1 Å². The zero-order valence-corrected chi connectivity index (χ0v) is 14.1. The normalized spacial score (nSPS) is 11.2. The second-order valence-electron chi connectivity index (χ2n) is 6.44. The Hall–Kier alpha value is -3.52. The van der Waals surface area contributed by atoms with Crippen molar-refractivity contribution in [1.82, 2.24) is 4.57 Å². The molecule has 1 N–H and O–H groups in total. The predicted octanol–water partition coefficient (Wildman–Crippen LogP) is 6.16. The largest absolute Gasteiger partial charge is 0.508 e. The number of rotatable bonds is 2. The van der Waals surface area contributed by atoms with Crippen molar-refractivity contribution in [2.75, 3.05) is 0 Å². The van der Waals surface area contributed by atoms with Crippen LogP contribution in [0.4, 0.5) is 0 Å². The van der Waals surface area contributed by atoms with Gasteiger partial charge in [-0.25, -0.2) is 0 Å². The highest BCUT2D eigenvalue weighted by molar-refractivity contribution is 6.14. The van der Waals surface area contributed by atoms with Crippen LogP contribution in [0.15, 0.2) is 97.1 Å². The average Bonchev–Trinajstić information content (AvgIpc) is 3.03. The molecule has 0 unspecified atom stereocenters. The second kappa shape index (κ2) is 5.78. The summed E-state index contributed by atoms with van der Waals surface area (Å²) in [6.07, 6.45) is 0. The first-order chi connectivity index (χ1) is 12.8. The van der Waals surface area contributed by atoms with Crippen LogP contribution in [0.5, 0.6) is 5.75 Å². The van der Waals surface area contributed by atoms with E-state index in [1.807, 2.05) is 42.5 Å². The predicted molar refractivity (Wildman–Crippen MR) is 108 cm³/mol. The molecule has 0 radical (unpaired) electrons. The van der Waals surface area contributed by atoms with Gasteiger partial charge in [0.1, 0.15) is 5.75 Å². The molecule has 5 aromatic rings. The van der Waals surface area contributed by atoms with Crippen LogP contribution < -0.4 is 0 Å². The molecule has 2 heteroatoms. The summed E-state index contributed by atoms with van der Waals surface area (Å²) >= 11 is 0. The number of benzene rings is 4. The summed E-state index contributed by atoms with van der Waals surface area (Å²) in [5.41, 5.74) is 5.48.